The summed E-state index contributed by atoms with van der Waals surface area (Å²) in [6, 6.07) is 16.1. The monoisotopic (exact) mass is 383 g/mol. The summed E-state index contributed by atoms with van der Waals surface area (Å²) >= 11 is 0. The van der Waals surface area contributed by atoms with Gasteiger partial charge in [-0.2, -0.15) is 0 Å². The molecule has 0 saturated heterocycles. The average molecular weight is 383 g/mol. The number of rotatable bonds is 7. The van der Waals surface area contributed by atoms with Crippen LogP contribution in [0.3, 0.4) is 0 Å². The number of ether oxygens (including phenoxy) is 2. The maximum Gasteiger partial charge on any atom is 0.410 e. The largest absolute Gasteiger partial charge is 0.480 e. The predicted molar refractivity (Wildman–Crippen MR) is 105 cm³/mol. The molecule has 6 nitrogen and oxygen atoms in total. The van der Waals surface area contributed by atoms with Crippen LogP contribution in [0.4, 0.5) is 4.79 Å². The topological polar surface area (TPSA) is 76.1 Å². The number of carbonyl (C=O) groups excluding carboxylic acids is 1. The summed E-state index contributed by atoms with van der Waals surface area (Å²) in [4.78, 5) is 25.6. The highest BCUT2D eigenvalue weighted by molar-refractivity contribution is 5.84. The molecule has 0 spiro atoms. The lowest BCUT2D eigenvalue weighted by Gasteiger charge is -2.34. The van der Waals surface area contributed by atoms with Crippen LogP contribution in [0.5, 0.6) is 0 Å². The summed E-state index contributed by atoms with van der Waals surface area (Å²) in [5, 5.41) is 9.51. The SMILES string of the molecule is COCCN(C(=O)OCC1c2ccccc2-c2ccccc21)C(C)(C)C(=O)O. The average Bonchev–Trinajstić information content (AvgIpc) is 3.00. The van der Waals surface area contributed by atoms with E-state index in [2.05, 4.69) is 12.1 Å². The van der Waals surface area contributed by atoms with E-state index in [0.717, 1.165) is 22.3 Å². The summed E-state index contributed by atoms with van der Waals surface area (Å²) in [6.45, 7) is 3.46. The van der Waals surface area contributed by atoms with E-state index in [1.807, 2.05) is 36.4 Å². The van der Waals surface area contributed by atoms with Gasteiger partial charge in [-0.05, 0) is 36.1 Å². The normalized spacial score (nSPS) is 13.0. The lowest BCUT2D eigenvalue weighted by Crippen LogP contribution is -2.54. The molecule has 1 aliphatic rings. The molecule has 6 heteroatoms. The molecule has 1 aliphatic carbocycles. The third kappa shape index (κ3) is 3.60. The van der Waals surface area contributed by atoms with E-state index < -0.39 is 17.6 Å². The van der Waals surface area contributed by atoms with Crippen LogP contribution in [-0.4, -0.2) is 54.5 Å². The summed E-state index contributed by atoms with van der Waals surface area (Å²) < 4.78 is 10.6. The molecule has 0 saturated carbocycles. The quantitative estimate of drug-likeness (QED) is 0.788. The van der Waals surface area contributed by atoms with Gasteiger partial charge in [-0.15, -0.1) is 0 Å². The number of methoxy groups -OCH3 is 1. The fourth-order valence-electron chi connectivity index (χ4n) is 3.57. The minimum atomic E-state index is -1.40. The van der Waals surface area contributed by atoms with Crippen molar-refractivity contribution in [1.82, 2.24) is 4.90 Å². The molecule has 1 N–H and O–H groups in total. The molecule has 0 unspecified atom stereocenters. The number of carboxylic acid groups (broad SMARTS) is 1. The van der Waals surface area contributed by atoms with E-state index in [1.54, 1.807) is 0 Å². The van der Waals surface area contributed by atoms with E-state index in [9.17, 15) is 14.7 Å². The van der Waals surface area contributed by atoms with Crippen molar-refractivity contribution in [2.24, 2.45) is 0 Å². The van der Waals surface area contributed by atoms with Crippen LogP contribution in [-0.2, 0) is 14.3 Å². The maximum atomic E-state index is 12.8. The van der Waals surface area contributed by atoms with Gasteiger partial charge in [0.15, 0.2) is 0 Å². The van der Waals surface area contributed by atoms with Crippen molar-refractivity contribution >= 4 is 12.1 Å². The number of fused-ring (bicyclic) bond motifs is 3. The van der Waals surface area contributed by atoms with Crippen molar-refractivity contribution in [3.63, 3.8) is 0 Å². The van der Waals surface area contributed by atoms with E-state index in [-0.39, 0.29) is 25.7 Å². The zero-order chi connectivity index (χ0) is 20.3. The number of amides is 1. The van der Waals surface area contributed by atoms with Gasteiger partial charge in [-0.1, -0.05) is 48.5 Å². The minimum absolute atomic E-state index is 0.0754. The Morgan fingerprint density at radius 2 is 1.57 bits per heavy atom. The van der Waals surface area contributed by atoms with Crippen LogP contribution in [0.1, 0.15) is 30.9 Å². The maximum absolute atomic E-state index is 12.8. The van der Waals surface area contributed by atoms with Gasteiger partial charge in [0.25, 0.3) is 0 Å². The first-order chi connectivity index (χ1) is 13.4. The highest BCUT2D eigenvalue weighted by atomic mass is 16.6. The van der Waals surface area contributed by atoms with Gasteiger partial charge in [0.1, 0.15) is 12.1 Å². The second-order valence-electron chi connectivity index (χ2n) is 7.31. The first-order valence-electron chi connectivity index (χ1n) is 9.23. The molecule has 0 aliphatic heterocycles. The van der Waals surface area contributed by atoms with Crippen LogP contribution >= 0.6 is 0 Å². The van der Waals surface area contributed by atoms with Gasteiger partial charge in [-0.25, -0.2) is 9.59 Å². The number of aliphatic carboxylic acids is 1. The zero-order valence-electron chi connectivity index (χ0n) is 16.3. The zero-order valence-corrected chi connectivity index (χ0v) is 16.3. The van der Waals surface area contributed by atoms with Crippen molar-refractivity contribution in [2.45, 2.75) is 25.3 Å². The second-order valence-corrected chi connectivity index (χ2v) is 7.31. The molecule has 28 heavy (non-hydrogen) atoms. The Bertz CT molecular complexity index is 831. The van der Waals surface area contributed by atoms with E-state index >= 15 is 0 Å². The fourth-order valence-corrected chi connectivity index (χ4v) is 3.57. The third-order valence-corrected chi connectivity index (χ3v) is 5.27. The summed E-state index contributed by atoms with van der Waals surface area (Å²) in [6.07, 6.45) is -0.661. The first-order valence-corrected chi connectivity index (χ1v) is 9.23. The highest BCUT2D eigenvalue weighted by Crippen LogP contribution is 2.44. The van der Waals surface area contributed by atoms with Crippen molar-refractivity contribution in [1.29, 1.82) is 0 Å². The fraction of sp³-hybridized carbons (Fsp3) is 0.364. The molecule has 148 valence electrons. The molecular weight excluding hydrogens is 358 g/mol. The van der Waals surface area contributed by atoms with Crippen LogP contribution in [0.25, 0.3) is 11.1 Å². The molecule has 1 amide bonds. The minimum Gasteiger partial charge on any atom is -0.480 e. The summed E-state index contributed by atoms with van der Waals surface area (Å²) in [5.41, 5.74) is 3.10. The van der Waals surface area contributed by atoms with Crippen LogP contribution in [0, 0.1) is 0 Å². The van der Waals surface area contributed by atoms with Crippen molar-refractivity contribution < 1.29 is 24.2 Å². The third-order valence-electron chi connectivity index (χ3n) is 5.27. The van der Waals surface area contributed by atoms with Crippen LogP contribution in [0.2, 0.25) is 0 Å². The highest BCUT2D eigenvalue weighted by Gasteiger charge is 2.39. The number of hydrogen-bond acceptors (Lipinski definition) is 4. The molecule has 0 heterocycles. The summed E-state index contributed by atoms with van der Waals surface area (Å²) in [7, 11) is 1.50. The van der Waals surface area contributed by atoms with E-state index in [0.29, 0.717) is 0 Å². The standard InChI is InChI=1S/C22H25NO5/c1-22(2,20(24)25)23(12-13-27-3)21(26)28-14-19-17-10-6-4-8-15(17)16-9-5-7-11-18(16)19/h4-11,19H,12-14H2,1-3H3,(H,24,25). The molecule has 0 atom stereocenters. The summed E-state index contributed by atoms with van der Waals surface area (Å²) in [5.74, 6) is -1.18. The van der Waals surface area contributed by atoms with Gasteiger partial charge in [0.2, 0.25) is 0 Å². The van der Waals surface area contributed by atoms with Crippen molar-refractivity contribution in [3.05, 3.63) is 59.7 Å². The Kier molecular flexibility index (Phi) is 5.70. The van der Waals surface area contributed by atoms with Crippen molar-refractivity contribution in [3.8, 4) is 11.1 Å². The number of hydrogen-bond donors (Lipinski definition) is 1. The van der Waals surface area contributed by atoms with Crippen LogP contribution < -0.4 is 0 Å². The lowest BCUT2D eigenvalue weighted by molar-refractivity contribution is -0.148. The molecule has 2 aromatic rings. The lowest BCUT2D eigenvalue weighted by atomic mass is 9.98. The van der Waals surface area contributed by atoms with Gasteiger partial charge < -0.3 is 14.6 Å². The molecule has 0 bridgehead atoms. The number of carbonyl (C=O) groups is 2. The molecule has 0 aromatic heterocycles. The molecule has 0 fully saturated rings. The Labute approximate surface area is 164 Å². The first kappa shape index (κ1) is 19.9. The number of nitrogens with zero attached hydrogens (tertiary/aromatic N) is 1. The van der Waals surface area contributed by atoms with Gasteiger partial charge >= 0.3 is 12.1 Å². The Hall–Kier alpha value is -2.86. The predicted octanol–water partition coefficient (Wildman–Crippen LogP) is 3.75. The molecule has 0 radical (unpaired) electrons. The van der Waals surface area contributed by atoms with Crippen molar-refractivity contribution in [2.75, 3.05) is 26.9 Å². The Morgan fingerprint density at radius 3 is 2.07 bits per heavy atom. The van der Waals surface area contributed by atoms with Crippen LogP contribution in [0.15, 0.2) is 48.5 Å². The smallest absolute Gasteiger partial charge is 0.410 e. The number of carboxylic acids is 1. The van der Waals surface area contributed by atoms with Gasteiger partial charge in [-0.3, -0.25) is 4.90 Å². The van der Waals surface area contributed by atoms with Gasteiger partial charge in [0.05, 0.1) is 6.61 Å². The van der Waals surface area contributed by atoms with E-state index in [4.69, 9.17) is 9.47 Å². The Balaban J connectivity index is 1.80. The number of benzene rings is 2. The molecule has 3 rings (SSSR count). The van der Waals surface area contributed by atoms with Gasteiger partial charge in [0, 0.05) is 19.6 Å². The van der Waals surface area contributed by atoms with E-state index in [1.165, 1.54) is 25.9 Å². The molecular formula is C22H25NO5. The molecule has 2 aromatic carbocycles. The second kappa shape index (κ2) is 8.02. The Morgan fingerprint density at radius 1 is 1.04 bits per heavy atom.